The van der Waals surface area contributed by atoms with Crippen molar-refractivity contribution >= 4 is 116 Å². The fourth-order valence-electron chi connectivity index (χ4n) is 12.4. The Kier molecular flexibility index (Phi) is 7.99. The summed E-state index contributed by atoms with van der Waals surface area (Å²) in [5, 5.41) is 6.61. The zero-order valence-electron chi connectivity index (χ0n) is 40.4. The maximum absolute atomic E-state index is 2.76. The van der Waals surface area contributed by atoms with Crippen LogP contribution in [0.1, 0.15) is 110 Å². The zero-order chi connectivity index (χ0) is 45.6. The van der Waals surface area contributed by atoms with Crippen molar-refractivity contribution in [2.45, 2.75) is 111 Å². The molecule has 0 radical (unpaired) electrons. The minimum Gasteiger partial charge on any atom is -0.311 e. The number of hydrogen-bond donors (Lipinski definition) is 0. The lowest BCUT2D eigenvalue weighted by Gasteiger charge is -2.45. The van der Waals surface area contributed by atoms with Gasteiger partial charge < -0.3 is 14.2 Å². The second-order valence-corrected chi connectivity index (χ2v) is 24.4. The first-order valence-electron chi connectivity index (χ1n) is 24.2. The van der Waals surface area contributed by atoms with Crippen molar-refractivity contribution in [3.63, 3.8) is 0 Å². The van der Waals surface area contributed by atoms with E-state index in [2.05, 4.69) is 218 Å². The Morgan fingerprint density at radius 2 is 1.14 bits per heavy atom. The van der Waals surface area contributed by atoms with E-state index in [-0.39, 0.29) is 28.4 Å². The summed E-state index contributed by atoms with van der Waals surface area (Å²) < 4.78 is 5.38. The molecule has 0 saturated carbocycles. The van der Waals surface area contributed by atoms with Crippen LogP contribution in [0.2, 0.25) is 0 Å². The molecule has 0 spiro atoms. The number of nitrogens with zero attached hydrogens (tertiary/aromatic N) is 3. The standard InChI is InChI=1S/C61H58BN3S/c1-35-20-27-42-49(32-35)66-57-53(42)64(39-26-28-43-44(34-39)61(10,11)31-30-60(43,8)9)56-51-41-17-13-15-19-47(41)65-46-18-14-12-16-40(46)50(54(51)65)55-52(56)62(57)45-33-37(59(5,6)7)23-29-48(45)63(55)38-24-21-36(22-25-38)58(2,3)4/h12-29,32-34H,30-31H2,1-11H3. The Labute approximate surface area is 394 Å². The number of hydrogen-bond acceptors (Lipinski definition) is 3. The molecule has 7 aromatic carbocycles. The van der Waals surface area contributed by atoms with E-state index in [9.17, 15) is 0 Å². The van der Waals surface area contributed by atoms with Crippen LogP contribution in [-0.4, -0.2) is 11.1 Å². The Balaban J connectivity index is 1.27. The van der Waals surface area contributed by atoms with Gasteiger partial charge in [-0.25, -0.2) is 0 Å². The number of para-hydroxylation sites is 2. The summed E-state index contributed by atoms with van der Waals surface area (Å²) in [5.74, 6) is 0. The van der Waals surface area contributed by atoms with Gasteiger partial charge in [-0.1, -0.05) is 148 Å². The smallest absolute Gasteiger partial charge is 0.264 e. The average Bonchev–Trinajstić information content (AvgIpc) is 3.94. The molecule has 3 aliphatic rings. The van der Waals surface area contributed by atoms with Crippen LogP contribution >= 0.6 is 11.3 Å². The summed E-state index contributed by atoms with van der Waals surface area (Å²) in [5.41, 5.74) is 21.4. The lowest BCUT2D eigenvalue weighted by atomic mass is 9.35. The molecule has 1 aliphatic carbocycles. The van der Waals surface area contributed by atoms with Crippen LogP contribution in [0.4, 0.5) is 34.1 Å². The van der Waals surface area contributed by atoms with Crippen LogP contribution in [0.15, 0.2) is 127 Å². The van der Waals surface area contributed by atoms with Gasteiger partial charge in [0.25, 0.3) is 6.71 Å². The molecule has 326 valence electrons. The molecule has 10 aromatic rings. The molecule has 0 unspecified atom stereocenters. The van der Waals surface area contributed by atoms with E-state index < -0.39 is 0 Å². The molecule has 0 atom stereocenters. The van der Waals surface area contributed by atoms with Gasteiger partial charge in [0.1, 0.15) is 0 Å². The summed E-state index contributed by atoms with van der Waals surface area (Å²) in [7, 11) is 0. The summed E-state index contributed by atoms with van der Waals surface area (Å²) in [4.78, 5) is 5.43. The number of anilines is 6. The van der Waals surface area contributed by atoms with Crippen molar-refractivity contribution in [2.24, 2.45) is 0 Å². The fourth-order valence-corrected chi connectivity index (χ4v) is 13.9. The van der Waals surface area contributed by atoms with Crippen LogP contribution in [0.5, 0.6) is 0 Å². The van der Waals surface area contributed by atoms with Crippen LogP contribution in [-0.2, 0) is 21.7 Å². The highest BCUT2D eigenvalue weighted by molar-refractivity contribution is 7.33. The molecule has 0 bridgehead atoms. The van der Waals surface area contributed by atoms with Gasteiger partial charge in [0.05, 0.1) is 33.6 Å². The zero-order valence-corrected chi connectivity index (χ0v) is 41.2. The van der Waals surface area contributed by atoms with E-state index in [0.29, 0.717) is 0 Å². The molecule has 2 aliphatic heterocycles. The summed E-state index contributed by atoms with van der Waals surface area (Å²) in [6, 6.07) is 50.2. The highest BCUT2D eigenvalue weighted by Crippen LogP contribution is 2.57. The number of fused-ring (bicyclic) bond motifs is 15. The highest BCUT2D eigenvalue weighted by Gasteiger charge is 2.49. The number of benzene rings is 7. The topological polar surface area (TPSA) is 10.9 Å². The third kappa shape index (κ3) is 5.32. The first-order valence-corrected chi connectivity index (χ1v) is 25.0. The molecule has 5 heterocycles. The molecule has 3 aromatic heterocycles. The van der Waals surface area contributed by atoms with E-state index in [4.69, 9.17) is 0 Å². The largest absolute Gasteiger partial charge is 0.311 e. The van der Waals surface area contributed by atoms with Crippen molar-refractivity contribution in [2.75, 3.05) is 9.80 Å². The minimum atomic E-state index is -0.0355. The van der Waals surface area contributed by atoms with Gasteiger partial charge >= 0.3 is 0 Å². The number of thiophene rings is 1. The molecule has 0 N–H and O–H groups in total. The van der Waals surface area contributed by atoms with Gasteiger partial charge in [-0.3, -0.25) is 0 Å². The van der Waals surface area contributed by atoms with E-state index in [0.717, 1.165) is 0 Å². The summed E-state index contributed by atoms with van der Waals surface area (Å²) in [6.07, 6.45) is 2.36. The average molecular weight is 876 g/mol. The highest BCUT2D eigenvalue weighted by atomic mass is 32.1. The monoisotopic (exact) mass is 875 g/mol. The minimum absolute atomic E-state index is 0.00452. The molecule has 0 saturated heterocycles. The van der Waals surface area contributed by atoms with Crippen molar-refractivity contribution in [1.29, 1.82) is 0 Å². The summed E-state index contributed by atoms with van der Waals surface area (Å²) >= 11 is 2.02. The van der Waals surface area contributed by atoms with E-state index in [1.54, 1.807) is 0 Å². The third-order valence-corrected chi connectivity index (χ3v) is 17.3. The second kappa shape index (κ2) is 13.1. The first kappa shape index (κ1) is 40.3. The van der Waals surface area contributed by atoms with Crippen molar-refractivity contribution in [1.82, 2.24) is 4.40 Å². The number of aryl methyl sites for hydroxylation is 1. The van der Waals surface area contributed by atoms with Crippen molar-refractivity contribution in [3.8, 4) is 0 Å². The predicted octanol–water partition coefficient (Wildman–Crippen LogP) is 15.4. The predicted molar refractivity (Wildman–Crippen MR) is 288 cm³/mol. The lowest BCUT2D eigenvalue weighted by Crippen LogP contribution is -2.60. The van der Waals surface area contributed by atoms with Gasteiger partial charge in [-0.15, -0.1) is 11.3 Å². The lowest BCUT2D eigenvalue weighted by molar-refractivity contribution is 0.332. The molecule has 3 nitrogen and oxygen atoms in total. The van der Waals surface area contributed by atoms with Gasteiger partial charge in [0.2, 0.25) is 0 Å². The Morgan fingerprint density at radius 1 is 0.545 bits per heavy atom. The van der Waals surface area contributed by atoms with E-state index >= 15 is 0 Å². The van der Waals surface area contributed by atoms with Gasteiger partial charge in [0.15, 0.2) is 0 Å². The van der Waals surface area contributed by atoms with Crippen LogP contribution in [0.3, 0.4) is 0 Å². The number of rotatable bonds is 2. The first-order chi connectivity index (χ1) is 31.4. The normalized spacial score (nSPS) is 16.4. The maximum atomic E-state index is 2.76. The van der Waals surface area contributed by atoms with Crippen LogP contribution in [0, 0.1) is 6.92 Å². The molecule has 66 heavy (non-hydrogen) atoms. The molecule has 13 rings (SSSR count). The van der Waals surface area contributed by atoms with Gasteiger partial charge in [-0.2, -0.15) is 0 Å². The van der Waals surface area contributed by atoms with E-state index in [1.165, 1.54) is 139 Å². The van der Waals surface area contributed by atoms with E-state index in [1.807, 2.05) is 11.3 Å². The van der Waals surface area contributed by atoms with Crippen LogP contribution in [0.25, 0.3) is 48.2 Å². The Hall–Kier alpha value is -6.04. The molecular formula is C61H58BN3S. The third-order valence-electron chi connectivity index (χ3n) is 16.1. The van der Waals surface area contributed by atoms with Crippen LogP contribution < -0.4 is 25.5 Å². The van der Waals surface area contributed by atoms with Gasteiger partial charge in [-0.05, 0) is 129 Å². The Morgan fingerprint density at radius 3 is 1.79 bits per heavy atom. The fraction of sp³-hybridized carbons (Fsp3) is 0.279. The Bertz CT molecular complexity index is 3700. The molecule has 5 heteroatoms. The van der Waals surface area contributed by atoms with Crippen molar-refractivity contribution < 1.29 is 0 Å². The van der Waals surface area contributed by atoms with Gasteiger partial charge in [0, 0.05) is 53.5 Å². The summed E-state index contributed by atoms with van der Waals surface area (Å²) in [6.45, 7) is 26.2. The second-order valence-electron chi connectivity index (χ2n) is 23.3. The molecule has 0 amide bonds. The van der Waals surface area contributed by atoms with Crippen molar-refractivity contribution in [3.05, 3.63) is 155 Å². The number of aromatic nitrogens is 1. The molecule has 0 fully saturated rings. The quantitative estimate of drug-likeness (QED) is 0.160. The molecular weight excluding hydrogens is 818 g/mol. The maximum Gasteiger partial charge on any atom is 0.264 e. The SMILES string of the molecule is Cc1ccc2c3c(sc2c1)B1c2cc(C(C)(C)C)ccc2N(c2ccc(C(C)(C)C)cc2)c2c1c(c1c4ccccc4n4c5ccccc5c2c14)N3c1ccc2c(c1)C(C)(C)CCC2(C)C.